The normalized spacial score (nSPS) is 30.2. The first-order valence-corrected chi connectivity index (χ1v) is 16.0. The van der Waals surface area contributed by atoms with Crippen LogP contribution in [0.5, 0.6) is 0 Å². The second-order valence-electron chi connectivity index (χ2n) is 14.1. The number of carbonyl (C=O) groups excluding carboxylic acids is 4. The van der Waals surface area contributed by atoms with Crippen LogP contribution in [0.3, 0.4) is 0 Å². The fraction of sp³-hybridized carbons (Fsp3) is 0.800. The Morgan fingerprint density at radius 3 is 2.05 bits per heavy atom. The number of esters is 1. The minimum atomic E-state index is -0.328. The lowest BCUT2D eigenvalue weighted by Gasteiger charge is -2.41. The molecule has 0 aromatic carbocycles. The predicted octanol–water partition coefficient (Wildman–Crippen LogP) is 7.85. The van der Waals surface area contributed by atoms with Crippen LogP contribution >= 0.6 is 0 Å². The van der Waals surface area contributed by atoms with E-state index in [4.69, 9.17) is 4.74 Å². The molecule has 1 spiro atoms. The number of hydrogen-bond acceptors (Lipinski definition) is 5. The third-order valence-electron chi connectivity index (χ3n) is 10.3. The number of carbonyl (C=O) groups is 4. The molecule has 4 fully saturated rings. The number of rotatable bonds is 11. The summed E-state index contributed by atoms with van der Waals surface area (Å²) in [4.78, 5) is 50.2. The van der Waals surface area contributed by atoms with E-state index in [1.54, 1.807) is 6.92 Å². The van der Waals surface area contributed by atoms with Crippen molar-refractivity contribution in [3.8, 4) is 0 Å². The van der Waals surface area contributed by atoms with E-state index in [2.05, 4.69) is 26.2 Å². The minimum absolute atomic E-state index is 0.0309. The summed E-state index contributed by atoms with van der Waals surface area (Å²) in [5.41, 5.74) is 3.39. The highest BCUT2D eigenvalue weighted by Crippen LogP contribution is 2.80. The van der Waals surface area contributed by atoms with Gasteiger partial charge in [-0.05, 0) is 95.8 Å². The van der Waals surface area contributed by atoms with Crippen LogP contribution < -0.4 is 0 Å². The Labute approximate surface area is 243 Å². The summed E-state index contributed by atoms with van der Waals surface area (Å²) in [5, 5.41) is 0. The zero-order valence-corrected chi connectivity index (χ0v) is 26.3. The van der Waals surface area contributed by atoms with Gasteiger partial charge in [0.05, 0.1) is 0 Å². The molecular formula is C35H54O5. The summed E-state index contributed by atoms with van der Waals surface area (Å²) in [5.74, 6) is 1.66. The highest BCUT2D eigenvalue weighted by Gasteiger charge is 2.76. The van der Waals surface area contributed by atoms with Gasteiger partial charge >= 0.3 is 5.97 Å². The maximum absolute atomic E-state index is 14.0. The zero-order valence-electron chi connectivity index (χ0n) is 26.3. The van der Waals surface area contributed by atoms with E-state index in [0.29, 0.717) is 40.9 Å². The topological polar surface area (TPSA) is 77.5 Å². The standard InChI is InChI=1S/C29H42O3.C6H12O2/c1-5-11-20(21(6-2)18(4)30)16-25(31)26-24-17-29(24)15-14-23(29)27(26)28(32)22(7-3)19-12-9-8-10-13-19;1-5(7)8-6(2,3)4/h19-20,22-24,26-27H,2,5,7-17H2,1,3-4H3;1-4H3/t20?,22?,23?,24?,26-,27?,29?;/m0./s1. The van der Waals surface area contributed by atoms with Gasteiger partial charge in [-0.15, -0.1) is 5.73 Å². The first-order valence-electron chi connectivity index (χ1n) is 16.0. The molecule has 0 aromatic heterocycles. The van der Waals surface area contributed by atoms with Gasteiger partial charge in [-0.2, -0.15) is 0 Å². The van der Waals surface area contributed by atoms with Gasteiger partial charge in [0.1, 0.15) is 17.2 Å². The predicted molar refractivity (Wildman–Crippen MR) is 158 cm³/mol. The summed E-state index contributed by atoms with van der Waals surface area (Å²) in [7, 11) is 0. The monoisotopic (exact) mass is 554 g/mol. The molecule has 0 amide bonds. The van der Waals surface area contributed by atoms with Gasteiger partial charge in [-0.1, -0.05) is 46.1 Å². The van der Waals surface area contributed by atoms with Crippen LogP contribution in [0.4, 0.5) is 0 Å². The van der Waals surface area contributed by atoms with Crippen LogP contribution in [-0.2, 0) is 23.9 Å². The van der Waals surface area contributed by atoms with E-state index in [0.717, 1.165) is 32.1 Å². The first kappa shape index (κ1) is 32.5. The third kappa shape index (κ3) is 7.07. The average Bonchev–Trinajstić information content (AvgIpc) is 3.57. The lowest BCUT2D eigenvalue weighted by Crippen LogP contribution is -2.42. The lowest BCUT2D eigenvalue weighted by molar-refractivity contribution is -0.151. The molecule has 5 heteroatoms. The molecule has 0 radical (unpaired) electrons. The molecule has 0 N–H and O–H groups in total. The molecule has 0 aliphatic heterocycles. The van der Waals surface area contributed by atoms with Crippen molar-refractivity contribution >= 4 is 23.3 Å². The van der Waals surface area contributed by atoms with E-state index in [1.165, 1.54) is 45.4 Å². The van der Waals surface area contributed by atoms with Crippen molar-refractivity contribution in [3.63, 3.8) is 0 Å². The summed E-state index contributed by atoms with van der Waals surface area (Å²) < 4.78 is 4.80. The van der Waals surface area contributed by atoms with E-state index in [1.807, 2.05) is 20.8 Å². The molecule has 0 bridgehead atoms. The number of hydrogen-bond donors (Lipinski definition) is 0. The second kappa shape index (κ2) is 13.3. The fourth-order valence-electron chi connectivity index (χ4n) is 8.68. The molecular weight excluding hydrogens is 500 g/mol. The van der Waals surface area contributed by atoms with Crippen LogP contribution in [0.2, 0.25) is 0 Å². The molecule has 40 heavy (non-hydrogen) atoms. The number of allylic oxidation sites excluding steroid dienone is 1. The van der Waals surface area contributed by atoms with Crippen molar-refractivity contribution < 1.29 is 23.9 Å². The molecule has 4 aliphatic carbocycles. The number of Topliss-reactive ketones (excluding diaryl/α,β-unsaturated/α-hetero) is 3. The highest BCUT2D eigenvalue weighted by atomic mass is 16.6. The third-order valence-corrected chi connectivity index (χ3v) is 10.3. The van der Waals surface area contributed by atoms with Gasteiger partial charge in [0.25, 0.3) is 0 Å². The Bertz CT molecular complexity index is 1010. The van der Waals surface area contributed by atoms with Crippen molar-refractivity contribution in [2.45, 2.75) is 131 Å². The van der Waals surface area contributed by atoms with Crippen LogP contribution in [0.25, 0.3) is 0 Å². The van der Waals surface area contributed by atoms with Crippen molar-refractivity contribution in [2.75, 3.05) is 0 Å². The van der Waals surface area contributed by atoms with Gasteiger partial charge in [-0.3, -0.25) is 19.2 Å². The van der Waals surface area contributed by atoms with Crippen LogP contribution in [0.15, 0.2) is 17.9 Å². The van der Waals surface area contributed by atoms with Gasteiger partial charge in [0, 0.05) is 42.6 Å². The van der Waals surface area contributed by atoms with E-state index < -0.39 is 0 Å². The molecule has 0 aromatic rings. The van der Waals surface area contributed by atoms with Crippen LogP contribution in [0, 0.1) is 46.8 Å². The Morgan fingerprint density at radius 1 is 0.975 bits per heavy atom. The van der Waals surface area contributed by atoms with Crippen molar-refractivity contribution in [2.24, 2.45) is 46.8 Å². The summed E-state index contributed by atoms with van der Waals surface area (Å²) in [6.45, 7) is 16.5. The fourth-order valence-corrected chi connectivity index (χ4v) is 8.68. The molecule has 7 atom stereocenters. The van der Waals surface area contributed by atoms with Crippen molar-refractivity contribution in [3.05, 3.63) is 17.9 Å². The summed E-state index contributed by atoms with van der Waals surface area (Å²) in [6.07, 6.45) is 12.6. The average molecular weight is 555 g/mol. The van der Waals surface area contributed by atoms with Gasteiger partial charge < -0.3 is 4.74 Å². The second-order valence-corrected chi connectivity index (χ2v) is 14.1. The van der Waals surface area contributed by atoms with E-state index in [-0.39, 0.29) is 46.8 Å². The summed E-state index contributed by atoms with van der Waals surface area (Å²) >= 11 is 0. The van der Waals surface area contributed by atoms with Gasteiger partial charge in [-0.25, -0.2) is 0 Å². The molecule has 224 valence electrons. The van der Waals surface area contributed by atoms with Crippen LogP contribution in [0.1, 0.15) is 126 Å². The van der Waals surface area contributed by atoms with Gasteiger partial charge in [0.15, 0.2) is 5.78 Å². The maximum Gasteiger partial charge on any atom is 0.303 e. The zero-order chi connectivity index (χ0) is 29.8. The smallest absolute Gasteiger partial charge is 0.303 e. The molecule has 5 nitrogen and oxygen atoms in total. The van der Waals surface area contributed by atoms with E-state index in [9.17, 15) is 19.2 Å². The largest absolute Gasteiger partial charge is 0.460 e. The van der Waals surface area contributed by atoms with Crippen LogP contribution in [-0.4, -0.2) is 28.9 Å². The Kier molecular flexibility index (Phi) is 10.8. The molecule has 4 rings (SSSR count). The van der Waals surface area contributed by atoms with Crippen molar-refractivity contribution in [1.82, 2.24) is 0 Å². The quantitative estimate of drug-likeness (QED) is 0.148. The maximum atomic E-state index is 14.0. The SMILES string of the molecule is C=C=C(C(C)=O)C(CCC)CC(=O)[C@H]1C(C(=O)C(CC)C2CCCCC2)C2CCC23CC13.CC(=O)OC(C)(C)C. The first-order chi connectivity index (χ1) is 18.8. The minimum Gasteiger partial charge on any atom is -0.460 e. The Hall–Kier alpha value is -2.00. The summed E-state index contributed by atoms with van der Waals surface area (Å²) in [6, 6.07) is 0. The highest BCUT2D eigenvalue weighted by molar-refractivity contribution is 5.96. The van der Waals surface area contributed by atoms with E-state index >= 15 is 0 Å². The molecule has 4 aliphatic rings. The number of ketones is 3. The molecule has 6 unspecified atom stereocenters. The lowest BCUT2D eigenvalue weighted by atomic mass is 9.62. The molecule has 4 saturated carbocycles. The number of ether oxygens (including phenoxy) is 1. The van der Waals surface area contributed by atoms with Crippen molar-refractivity contribution in [1.29, 1.82) is 0 Å². The molecule has 0 heterocycles. The van der Waals surface area contributed by atoms with Gasteiger partial charge in [0.2, 0.25) is 0 Å². The Morgan fingerprint density at radius 2 is 1.62 bits per heavy atom. The Balaban J connectivity index is 0.000000482. The molecule has 0 saturated heterocycles.